The summed E-state index contributed by atoms with van der Waals surface area (Å²) in [5.74, 6) is 1.29. The predicted molar refractivity (Wildman–Crippen MR) is 83.6 cm³/mol. The Hall–Kier alpha value is -2.82. The molecule has 21 heavy (non-hydrogen) atoms. The van der Waals surface area contributed by atoms with E-state index in [0.717, 1.165) is 21.8 Å². The highest BCUT2D eigenvalue weighted by Crippen LogP contribution is 2.21. The van der Waals surface area contributed by atoms with E-state index in [1.54, 1.807) is 0 Å². The molecule has 0 bridgehead atoms. The first-order valence-electron chi connectivity index (χ1n) is 6.69. The van der Waals surface area contributed by atoms with Crippen molar-refractivity contribution in [2.24, 2.45) is 0 Å². The van der Waals surface area contributed by atoms with Crippen molar-refractivity contribution in [2.75, 3.05) is 0 Å². The first-order valence-corrected chi connectivity index (χ1v) is 6.69. The van der Waals surface area contributed by atoms with Crippen molar-refractivity contribution < 1.29 is 9.31 Å². The highest BCUT2D eigenvalue weighted by molar-refractivity contribution is 6.20. The Morgan fingerprint density at radius 1 is 0.667 bits per heavy atom. The van der Waals surface area contributed by atoms with E-state index in [9.17, 15) is 0 Å². The van der Waals surface area contributed by atoms with Crippen LogP contribution in [0.2, 0.25) is 0 Å². The summed E-state index contributed by atoms with van der Waals surface area (Å²) in [6.45, 7) is 0. The van der Waals surface area contributed by atoms with Gasteiger partial charge in [-0.2, -0.15) is 0 Å². The van der Waals surface area contributed by atoms with Gasteiger partial charge >= 0.3 is 7.69 Å². The lowest BCUT2D eigenvalue weighted by Gasteiger charge is -2.01. The molecule has 2 N–H and O–H groups in total. The Morgan fingerprint density at radius 2 is 1.14 bits per heavy atom. The van der Waals surface area contributed by atoms with Gasteiger partial charge in [0.1, 0.15) is 0 Å². The second kappa shape index (κ2) is 4.94. The molecule has 5 heteroatoms. The van der Waals surface area contributed by atoms with Crippen molar-refractivity contribution in [1.29, 1.82) is 0 Å². The van der Waals surface area contributed by atoms with E-state index in [-0.39, 0.29) is 0 Å². The molecule has 0 saturated carbocycles. The molecule has 0 aliphatic carbocycles. The van der Waals surface area contributed by atoms with Gasteiger partial charge < -0.3 is 19.3 Å². The van der Waals surface area contributed by atoms with Crippen molar-refractivity contribution in [2.45, 2.75) is 0 Å². The molecule has 0 aliphatic rings. The van der Waals surface area contributed by atoms with Crippen LogP contribution in [0.15, 0.2) is 60.7 Å². The number of hydrogen-bond donors (Lipinski definition) is 2. The maximum atomic E-state index is 5.47. The number of H-pyrrole nitrogens is 2. The number of hydrogen-bond acceptors (Lipinski definition) is 2. The average Bonchev–Trinajstić information content (AvgIpc) is 3.09. The topological polar surface area (TPSA) is 50.0 Å². The monoisotopic (exact) mass is 275 g/mol. The Bertz CT molecular complexity index is 757. The molecule has 4 nitrogen and oxygen atoms in total. The summed E-state index contributed by atoms with van der Waals surface area (Å²) in [6, 6.07) is 19.9. The number of rotatable bonds is 4. The predicted octanol–water partition coefficient (Wildman–Crippen LogP) is 3.64. The van der Waals surface area contributed by atoms with Crippen LogP contribution in [0, 0.1) is 0 Å². The summed E-state index contributed by atoms with van der Waals surface area (Å²) >= 11 is 0. The van der Waals surface area contributed by atoms with Gasteiger partial charge in [0.05, 0.1) is 0 Å². The molecule has 0 saturated heterocycles. The Kier molecular flexibility index (Phi) is 2.82. The highest BCUT2D eigenvalue weighted by atomic mass is 16.6. The fraction of sp³-hybridized carbons (Fsp3) is 0. The minimum absolute atomic E-state index is 0.646. The molecule has 1 radical (unpaired) electrons. The van der Waals surface area contributed by atoms with E-state index in [2.05, 4.69) is 9.97 Å². The molecule has 0 aliphatic heterocycles. The van der Waals surface area contributed by atoms with Crippen LogP contribution in [0.5, 0.6) is 11.8 Å². The summed E-state index contributed by atoms with van der Waals surface area (Å²) in [7, 11) is 1.31. The van der Waals surface area contributed by atoms with Crippen molar-refractivity contribution in [1.82, 2.24) is 9.97 Å². The van der Waals surface area contributed by atoms with Gasteiger partial charge in [0, 0.05) is 33.9 Å². The first kappa shape index (κ1) is 12.0. The fourth-order valence-corrected chi connectivity index (χ4v) is 2.35. The minimum Gasteiger partial charge on any atom is -0.513 e. The van der Waals surface area contributed by atoms with Gasteiger partial charge in [-0.3, -0.25) is 0 Å². The van der Waals surface area contributed by atoms with Gasteiger partial charge in [-0.1, -0.05) is 36.4 Å². The summed E-state index contributed by atoms with van der Waals surface area (Å²) in [6.07, 6.45) is 0. The number of benzene rings is 2. The summed E-state index contributed by atoms with van der Waals surface area (Å²) in [4.78, 5) is 6.33. The zero-order chi connectivity index (χ0) is 14.1. The summed E-state index contributed by atoms with van der Waals surface area (Å²) in [5, 5.41) is 2.21. The van der Waals surface area contributed by atoms with E-state index in [4.69, 9.17) is 9.31 Å². The molecule has 0 unspecified atom stereocenters. The van der Waals surface area contributed by atoms with Crippen LogP contribution >= 0.6 is 0 Å². The van der Waals surface area contributed by atoms with Crippen LogP contribution in [0.4, 0.5) is 0 Å². The molecule has 4 rings (SSSR count). The lowest BCUT2D eigenvalue weighted by Crippen LogP contribution is -2.11. The fourth-order valence-electron chi connectivity index (χ4n) is 2.35. The molecule has 0 amide bonds. The maximum absolute atomic E-state index is 5.47. The third-order valence-electron chi connectivity index (χ3n) is 3.36. The van der Waals surface area contributed by atoms with Crippen molar-refractivity contribution in [3.63, 3.8) is 0 Å². The van der Waals surface area contributed by atoms with Crippen LogP contribution in [0.3, 0.4) is 0 Å². The maximum Gasteiger partial charge on any atom is 0.660 e. The lowest BCUT2D eigenvalue weighted by atomic mass is 10.2. The van der Waals surface area contributed by atoms with Crippen molar-refractivity contribution in [3.8, 4) is 11.8 Å². The zero-order valence-corrected chi connectivity index (χ0v) is 11.2. The molecule has 101 valence electrons. The Morgan fingerprint density at radius 3 is 1.62 bits per heavy atom. The zero-order valence-electron chi connectivity index (χ0n) is 11.2. The summed E-state index contributed by atoms with van der Waals surface area (Å²) < 4.78 is 10.9. The van der Waals surface area contributed by atoms with Crippen LogP contribution < -0.4 is 9.31 Å². The number of aromatic amines is 2. The number of para-hydroxylation sites is 2. The Balaban J connectivity index is 1.44. The molecule has 0 spiro atoms. The van der Waals surface area contributed by atoms with Crippen LogP contribution in [-0.2, 0) is 0 Å². The van der Waals surface area contributed by atoms with E-state index in [0.29, 0.717) is 11.8 Å². The second-order valence-corrected chi connectivity index (χ2v) is 4.77. The number of fused-ring (bicyclic) bond motifs is 2. The normalized spacial score (nSPS) is 10.9. The molecule has 0 fully saturated rings. The van der Waals surface area contributed by atoms with Gasteiger partial charge in [-0.25, -0.2) is 0 Å². The molecule has 0 atom stereocenters. The van der Waals surface area contributed by atoms with E-state index >= 15 is 0 Å². The largest absolute Gasteiger partial charge is 0.660 e. The lowest BCUT2D eigenvalue weighted by molar-refractivity contribution is 0.443. The number of aromatic nitrogens is 2. The minimum atomic E-state index is 0.646. The smallest absolute Gasteiger partial charge is 0.513 e. The van der Waals surface area contributed by atoms with Crippen LogP contribution in [0.25, 0.3) is 21.8 Å². The Labute approximate surface area is 122 Å². The standard InChI is InChI=1S/C16H12BN2O2/c1-3-7-13-11(5-1)9-15(18-13)20-17-21-16-10-12-6-2-4-8-14(12)19-16/h1-10,18-19H. The average molecular weight is 275 g/mol. The van der Waals surface area contributed by atoms with E-state index in [1.165, 1.54) is 7.69 Å². The SMILES string of the molecule is [B](Oc1cc2ccccc2[nH]1)Oc1cc2ccccc2[nH]1. The van der Waals surface area contributed by atoms with Gasteiger partial charge in [0.2, 0.25) is 0 Å². The van der Waals surface area contributed by atoms with Gasteiger partial charge in [0.25, 0.3) is 0 Å². The first-order chi connectivity index (χ1) is 10.4. The molecular weight excluding hydrogens is 263 g/mol. The third kappa shape index (κ3) is 2.34. The van der Waals surface area contributed by atoms with Crippen LogP contribution in [-0.4, -0.2) is 17.7 Å². The second-order valence-electron chi connectivity index (χ2n) is 4.77. The van der Waals surface area contributed by atoms with Crippen molar-refractivity contribution >= 4 is 29.5 Å². The van der Waals surface area contributed by atoms with E-state index in [1.807, 2.05) is 60.7 Å². The molecule has 4 aromatic rings. The van der Waals surface area contributed by atoms with Gasteiger partial charge in [-0.05, 0) is 12.1 Å². The third-order valence-corrected chi connectivity index (χ3v) is 3.36. The molecule has 2 heterocycles. The molecule has 2 aromatic carbocycles. The number of nitrogens with one attached hydrogen (secondary N) is 2. The molecular formula is C16H12BN2O2. The summed E-state index contributed by atoms with van der Waals surface area (Å²) in [5.41, 5.74) is 2.07. The highest BCUT2D eigenvalue weighted by Gasteiger charge is 2.06. The molecule has 2 aromatic heterocycles. The van der Waals surface area contributed by atoms with Gasteiger partial charge in [0.15, 0.2) is 11.8 Å². The van der Waals surface area contributed by atoms with E-state index < -0.39 is 0 Å². The van der Waals surface area contributed by atoms with Gasteiger partial charge in [-0.15, -0.1) is 0 Å². The van der Waals surface area contributed by atoms with Crippen molar-refractivity contribution in [3.05, 3.63) is 60.7 Å². The quantitative estimate of drug-likeness (QED) is 0.558. The van der Waals surface area contributed by atoms with Crippen LogP contribution in [0.1, 0.15) is 0 Å².